The van der Waals surface area contributed by atoms with Crippen LogP contribution in [0.3, 0.4) is 0 Å². The Morgan fingerprint density at radius 2 is 0.875 bits per heavy atom. The summed E-state index contributed by atoms with van der Waals surface area (Å²) in [4.78, 5) is 0. The van der Waals surface area contributed by atoms with Gasteiger partial charge in [0.25, 0.3) is 0 Å². The van der Waals surface area contributed by atoms with Gasteiger partial charge in [-0.2, -0.15) is 0 Å². The third kappa shape index (κ3) is 4.80. The lowest BCUT2D eigenvalue weighted by atomic mass is 10.1. The van der Waals surface area contributed by atoms with E-state index in [0.717, 1.165) is 0 Å². The van der Waals surface area contributed by atoms with Crippen LogP contribution in [0.4, 0.5) is 0 Å². The molecule has 0 unspecified atom stereocenters. The van der Waals surface area contributed by atoms with Gasteiger partial charge in [0.1, 0.15) is 0 Å². The standard InChI is InChI=1S/C22H16I2/c23-21-16-20(14-12-18-9-5-2-6-10-18)22(24)15-19(21)13-11-17-7-3-1-4-8-17/h1-16H/b13-11+,14-12+. The fourth-order valence-corrected chi connectivity index (χ4v) is 3.68. The molecule has 0 atom stereocenters. The van der Waals surface area contributed by atoms with E-state index in [0.29, 0.717) is 0 Å². The van der Waals surface area contributed by atoms with Gasteiger partial charge in [-0.05, 0) is 79.6 Å². The molecule has 24 heavy (non-hydrogen) atoms. The summed E-state index contributed by atoms with van der Waals surface area (Å²) < 4.78 is 2.51. The minimum atomic E-state index is 1.22. The highest BCUT2D eigenvalue weighted by Gasteiger charge is 2.03. The molecule has 3 aromatic carbocycles. The van der Waals surface area contributed by atoms with Gasteiger partial charge in [-0.3, -0.25) is 0 Å². The van der Waals surface area contributed by atoms with E-state index in [1.165, 1.54) is 29.4 Å². The van der Waals surface area contributed by atoms with Crippen LogP contribution in [-0.4, -0.2) is 0 Å². The van der Waals surface area contributed by atoms with Gasteiger partial charge in [-0.1, -0.05) is 85.0 Å². The Morgan fingerprint density at radius 1 is 0.500 bits per heavy atom. The summed E-state index contributed by atoms with van der Waals surface area (Å²) in [6.07, 6.45) is 8.69. The van der Waals surface area contributed by atoms with Crippen molar-refractivity contribution < 1.29 is 0 Å². The molecule has 0 saturated heterocycles. The van der Waals surface area contributed by atoms with Crippen LogP contribution in [0.2, 0.25) is 0 Å². The summed E-state index contributed by atoms with van der Waals surface area (Å²) in [7, 11) is 0. The summed E-state index contributed by atoms with van der Waals surface area (Å²) in [5.41, 5.74) is 4.94. The van der Waals surface area contributed by atoms with Crippen LogP contribution in [0, 0.1) is 7.14 Å². The van der Waals surface area contributed by atoms with Gasteiger partial charge in [-0.15, -0.1) is 0 Å². The molecule has 0 N–H and O–H groups in total. The molecule has 0 aromatic heterocycles. The maximum Gasteiger partial charge on any atom is 0.0209 e. The molecule has 118 valence electrons. The molecule has 0 fully saturated rings. The summed E-state index contributed by atoms with van der Waals surface area (Å²) in [6, 6.07) is 25.3. The average Bonchev–Trinajstić information content (AvgIpc) is 2.62. The van der Waals surface area contributed by atoms with E-state index in [-0.39, 0.29) is 0 Å². The molecule has 0 radical (unpaired) electrons. The summed E-state index contributed by atoms with van der Waals surface area (Å²) >= 11 is 4.82. The molecular weight excluding hydrogens is 518 g/mol. The molecule has 0 heterocycles. The Hall–Kier alpha value is -1.40. The van der Waals surface area contributed by atoms with E-state index in [9.17, 15) is 0 Å². The molecule has 0 saturated carbocycles. The van der Waals surface area contributed by atoms with Crippen LogP contribution < -0.4 is 0 Å². The third-order valence-electron chi connectivity index (χ3n) is 3.63. The minimum absolute atomic E-state index is 1.22. The maximum absolute atomic E-state index is 2.41. The van der Waals surface area contributed by atoms with Crippen molar-refractivity contribution in [2.75, 3.05) is 0 Å². The van der Waals surface area contributed by atoms with E-state index in [4.69, 9.17) is 0 Å². The molecule has 0 spiro atoms. The molecular formula is C22H16I2. The number of benzene rings is 3. The van der Waals surface area contributed by atoms with Gasteiger partial charge in [0.2, 0.25) is 0 Å². The van der Waals surface area contributed by atoms with Gasteiger partial charge in [-0.25, -0.2) is 0 Å². The van der Waals surface area contributed by atoms with Crippen molar-refractivity contribution in [1.29, 1.82) is 0 Å². The minimum Gasteiger partial charge on any atom is -0.0622 e. The molecule has 2 heteroatoms. The lowest BCUT2D eigenvalue weighted by Crippen LogP contribution is -1.87. The monoisotopic (exact) mass is 534 g/mol. The van der Waals surface area contributed by atoms with E-state index in [1.807, 2.05) is 12.1 Å². The molecule has 0 bridgehead atoms. The van der Waals surface area contributed by atoms with Gasteiger partial charge >= 0.3 is 0 Å². The topological polar surface area (TPSA) is 0 Å². The smallest absolute Gasteiger partial charge is 0.0209 e. The van der Waals surface area contributed by atoms with Crippen LogP contribution >= 0.6 is 45.2 Å². The van der Waals surface area contributed by atoms with Crippen LogP contribution in [0.25, 0.3) is 24.3 Å². The van der Waals surface area contributed by atoms with Crippen molar-refractivity contribution in [3.8, 4) is 0 Å². The molecule has 0 aliphatic rings. The Balaban J connectivity index is 1.83. The summed E-state index contributed by atoms with van der Waals surface area (Å²) in [5, 5.41) is 0. The first-order chi connectivity index (χ1) is 11.7. The van der Waals surface area contributed by atoms with Crippen molar-refractivity contribution in [3.05, 3.63) is 102 Å². The first-order valence-corrected chi connectivity index (χ1v) is 9.83. The molecule has 0 aliphatic carbocycles. The number of halogens is 2. The van der Waals surface area contributed by atoms with E-state index < -0.39 is 0 Å². The zero-order valence-corrected chi connectivity index (χ0v) is 17.3. The first-order valence-electron chi connectivity index (χ1n) is 7.68. The lowest BCUT2D eigenvalue weighted by Gasteiger charge is -2.05. The maximum atomic E-state index is 2.41. The Labute approximate surface area is 170 Å². The number of hydrogen-bond donors (Lipinski definition) is 0. The highest BCUT2D eigenvalue weighted by molar-refractivity contribution is 14.1. The fourth-order valence-electron chi connectivity index (χ4n) is 2.33. The second-order valence-corrected chi connectivity index (χ2v) is 7.71. The zero-order valence-electron chi connectivity index (χ0n) is 13.0. The van der Waals surface area contributed by atoms with E-state index >= 15 is 0 Å². The number of hydrogen-bond acceptors (Lipinski definition) is 0. The average molecular weight is 534 g/mol. The van der Waals surface area contributed by atoms with Crippen molar-refractivity contribution in [1.82, 2.24) is 0 Å². The van der Waals surface area contributed by atoms with Crippen LogP contribution in [0.5, 0.6) is 0 Å². The van der Waals surface area contributed by atoms with E-state index in [1.54, 1.807) is 0 Å². The van der Waals surface area contributed by atoms with E-state index in [2.05, 4.69) is 130 Å². The van der Waals surface area contributed by atoms with Gasteiger partial charge in [0, 0.05) is 7.14 Å². The fraction of sp³-hybridized carbons (Fsp3) is 0. The van der Waals surface area contributed by atoms with Gasteiger partial charge in [0.15, 0.2) is 0 Å². The molecule has 3 rings (SSSR count). The predicted molar refractivity (Wildman–Crippen MR) is 123 cm³/mol. The Morgan fingerprint density at radius 3 is 1.25 bits per heavy atom. The normalized spacial score (nSPS) is 11.4. The predicted octanol–water partition coefficient (Wildman–Crippen LogP) is 7.24. The number of rotatable bonds is 4. The van der Waals surface area contributed by atoms with Crippen LogP contribution in [0.15, 0.2) is 72.8 Å². The first kappa shape index (κ1) is 17.4. The second kappa shape index (κ2) is 8.62. The summed E-state index contributed by atoms with van der Waals surface area (Å²) in [6.45, 7) is 0. The van der Waals surface area contributed by atoms with Crippen molar-refractivity contribution in [2.45, 2.75) is 0 Å². The Kier molecular flexibility index (Phi) is 6.26. The Bertz CT molecular complexity index is 788. The van der Waals surface area contributed by atoms with Crippen molar-refractivity contribution >= 4 is 69.5 Å². The van der Waals surface area contributed by atoms with Gasteiger partial charge < -0.3 is 0 Å². The summed E-state index contributed by atoms with van der Waals surface area (Å²) in [5.74, 6) is 0. The van der Waals surface area contributed by atoms with Crippen LogP contribution in [-0.2, 0) is 0 Å². The highest BCUT2D eigenvalue weighted by atomic mass is 127. The molecule has 0 aliphatic heterocycles. The quantitative estimate of drug-likeness (QED) is 0.245. The van der Waals surface area contributed by atoms with Crippen molar-refractivity contribution in [2.24, 2.45) is 0 Å². The molecule has 0 nitrogen and oxygen atoms in total. The largest absolute Gasteiger partial charge is 0.0622 e. The molecule has 3 aromatic rings. The van der Waals surface area contributed by atoms with Crippen molar-refractivity contribution in [3.63, 3.8) is 0 Å². The van der Waals surface area contributed by atoms with Gasteiger partial charge in [0.05, 0.1) is 0 Å². The second-order valence-electron chi connectivity index (χ2n) is 5.38. The zero-order chi connectivity index (χ0) is 16.8. The molecule has 0 amide bonds. The highest BCUT2D eigenvalue weighted by Crippen LogP contribution is 2.24. The van der Waals surface area contributed by atoms with Crippen LogP contribution in [0.1, 0.15) is 22.3 Å². The third-order valence-corrected chi connectivity index (χ3v) is 5.49. The lowest BCUT2D eigenvalue weighted by molar-refractivity contribution is 1.52. The SMILES string of the molecule is Ic1cc(/C=C/c2ccccc2)c(I)cc1/C=C/c1ccccc1.